The topological polar surface area (TPSA) is 115 Å². The molecule has 0 amide bonds. The quantitative estimate of drug-likeness (QED) is 0.236. The van der Waals surface area contributed by atoms with E-state index in [2.05, 4.69) is 15.1 Å². The highest BCUT2D eigenvalue weighted by atomic mass is 19.3. The van der Waals surface area contributed by atoms with E-state index < -0.39 is 12.8 Å². The minimum Gasteiger partial charge on any atom is -0.409 e. The fraction of sp³-hybridized carbons (Fsp3) is 0.222. The number of alkyl halides is 2. The molecule has 0 saturated carbocycles. The summed E-state index contributed by atoms with van der Waals surface area (Å²) in [6.07, 6.45) is -1.80. The maximum absolute atomic E-state index is 12.3. The van der Waals surface area contributed by atoms with Gasteiger partial charge in [0.1, 0.15) is 11.3 Å². The second-order valence-corrected chi connectivity index (χ2v) is 3.51. The Hall–Kier alpha value is -2.45. The Morgan fingerprint density at radius 1 is 1.56 bits per heavy atom. The number of oxime groups is 1. The molecule has 0 spiro atoms. The van der Waals surface area contributed by atoms with Gasteiger partial charge in [-0.3, -0.25) is 0 Å². The zero-order valence-electron chi connectivity index (χ0n) is 9.09. The smallest absolute Gasteiger partial charge is 0.245 e. The molecule has 7 nitrogen and oxygen atoms in total. The summed E-state index contributed by atoms with van der Waals surface area (Å²) in [5.74, 6) is 5.45. The van der Waals surface area contributed by atoms with Gasteiger partial charge >= 0.3 is 0 Å². The van der Waals surface area contributed by atoms with Crippen LogP contribution in [0.2, 0.25) is 0 Å². The molecule has 0 unspecified atom stereocenters. The van der Waals surface area contributed by atoms with Crippen LogP contribution in [0, 0.1) is 0 Å². The number of rotatable bonds is 3. The van der Waals surface area contributed by atoms with Gasteiger partial charge in [-0.05, 0) is 6.07 Å². The zero-order chi connectivity index (χ0) is 13.3. The first kappa shape index (κ1) is 12.0. The summed E-state index contributed by atoms with van der Waals surface area (Å²) in [5, 5.41) is 11.5. The van der Waals surface area contributed by atoms with Gasteiger partial charge in [-0.2, -0.15) is 0 Å². The summed E-state index contributed by atoms with van der Waals surface area (Å²) in [6, 6.07) is 1.45. The van der Waals surface area contributed by atoms with Crippen LogP contribution in [-0.2, 0) is 6.42 Å². The van der Waals surface area contributed by atoms with Gasteiger partial charge in [-0.15, -0.1) is 0 Å². The van der Waals surface area contributed by atoms with Gasteiger partial charge in [0.25, 0.3) is 0 Å². The van der Waals surface area contributed by atoms with Crippen molar-refractivity contribution in [1.29, 1.82) is 0 Å². The van der Waals surface area contributed by atoms with Crippen LogP contribution >= 0.6 is 0 Å². The number of amidine groups is 1. The lowest BCUT2D eigenvalue weighted by Gasteiger charge is -2.04. The fourth-order valence-corrected chi connectivity index (χ4v) is 1.61. The van der Waals surface area contributed by atoms with E-state index in [1.54, 1.807) is 0 Å². The standard InChI is InChI=1S/C9H10F2N6O/c10-5(11)3-6-15-9-7(17(6)13)4(1-2-14-9)8(12)16-18/h1-2,5,18H,3,13H2,(H2,12,16). The van der Waals surface area contributed by atoms with Crippen LogP contribution in [0.25, 0.3) is 11.2 Å². The van der Waals surface area contributed by atoms with Crippen LogP contribution in [-0.4, -0.2) is 32.1 Å². The number of nitrogen functional groups attached to an aromatic ring is 1. The number of nitrogens with zero attached hydrogens (tertiary/aromatic N) is 4. The molecule has 0 atom stereocenters. The third-order valence-corrected chi connectivity index (χ3v) is 2.38. The van der Waals surface area contributed by atoms with Gasteiger partial charge in [0, 0.05) is 6.20 Å². The molecule has 18 heavy (non-hydrogen) atoms. The van der Waals surface area contributed by atoms with Crippen molar-refractivity contribution in [3.8, 4) is 0 Å². The third kappa shape index (κ3) is 1.90. The Balaban J connectivity index is 2.66. The SMILES string of the molecule is NC(=NO)c1ccnc2nc(CC(F)F)n(N)c12. The highest BCUT2D eigenvalue weighted by molar-refractivity contribution is 6.06. The summed E-state index contributed by atoms with van der Waals surface area (Å²) in [4.78, 5) is 7.78. The summed E-state index contributed by atoms with van der Waals surface area (Å²) in [5.41, 5.74) is 6.15. The number of imidazole rings is 1. The Labute approximate surface area is 99.7 Å². The number of nitrogens with two attached hydrogens (primary N) is 2. The molecule has 0 aliphatic heterocycles. The van der Waals surface area contributed by atoms with Crippen LogP contribution < -0.4 is 11.6 Å². The minimum atomic E-state index is -2.57. The fourth-order valence-electron chi connectivity index (χ4n) is 1.61. The largest absolute Gasteiger partial charge is 0.409 e. The van der Waals surface area contributed by atoms with Crippen molar-refractivity contribution in [3.05, 3.63) is 23.7 Å². The maximum Gasteiger partial charge on any atom is 0.245 e. The maximum atomic E-state index is 12.3. The lowest BCUT2D eigenvalue weighted by molar-refractivity contribution is 0.146. The first-order chi connectivity index (χ1) is 8.54. The monoisotopic (exact) mass is 256 g/mol. The molecule has 2 aromatic rings. The van der Waals surface area contributed by atoms with E-state index in [0.717, 1.165) is 4.68 Å². The van der Waals surface area contributed by atoms with E-state index >= 15 is 0 Å². The molecule has 0 aliphatic rings. The van der Waals surface area contributed by atoms with Crippen molar-refractivity contribution in [3.63, 3.8) is 0 Å². The van der Waals surface area contributed by atoms with Crippen LogP contribution in [0.4, 0.5) is 8.78 Å². The van der Waals surface area contributed by atoms with Crippen LogP contribution in [0.1, 0.15) is 11.4 Å². The molecule has 2 aromatic heterocycles. The number of pyridine rings is 1. The number of fused-ring (bicyclic) bond motifs is 1. The summed E-state index contributed by atoms with van der Waals surface area (Å²) >= 11 is 0. The van der Waals surface area contributed by atoms with E-state index in [1.165, 1.54) is 12.3 Å². The molecule has 0 fully saturated rings. The van der Waals surface area contributed by atoms with E-state index in [1.807, 2.05) is 0 Å². The molecule has 0 bridgehead atoms. The van der Waals surface area contributed by atoms with Crippen molar-refractivity contribution in [2.45, 2.75) is 12.8 Å². The average molecular weight is 256 g/mol. The van der Waals surface area contributed by atoms with Gasteiger partial charge in [0.05, 0.1) is 12.0 Å². The second kappa shape index (κ2) is 4.43. The number of halogens is 2. The van der Waals surface area contributed by atoms with Gasteiger partial charge in [-0.1, -0.05) is 5.16 Å². The van der Waals surface area contributed by atoms with E-state index in [9.17, 15) is 8.78 Å². The first-order valence-corrected chi connectivity index (χ1v) is 4.92. The molecule has 0 radical (unpaired) electrons. The van der Waals surface area contributed by atoms with Crippen molar-refractivity contribution < 1.29 is 14.0 Å². The van der Waals surface area contributed by atoms with Crippen molar-refractivity contribution in [2.75, 3.05) is 5.84 Å². The summed E-state index contributed by atoms with van der Waals surface area (Å²) in [7, 11) is 0. The molecular formula is C9H10F2N6O. The number of hydrogen-bond donors (Lipinski definition) is 3. The third-order valence-electron chi connectivity index (χ3n) is 2.38. The first-order valence-electron chi connectivity index (χ1n) is 4.92. The molecule has 0 aliphatic carbocycles. The van der Waals surface area contributed by atoms with E-state index in [0.29, 0.717) is 0 Å². The van der Waals surface area contributed by atoms with Gasteiger partial charge in [0.15, 0.2) is 11.5 Å². The van der Waals surface area contributed by atoms with Crippen LogP contribution in [0.3, 0.4) is 0 Å². The zero-order valence-corrected chi connectivity index (χ0v) is 9.09. The Morgan fingerprint density at radius 2 is 2.28 bits per heavy atom. The van der Waals surface area contributed by atoms with Crippen molar-refractivity contribution in [2.24, 2.45) is 10.9 Å². The highest BCUT2D eigenvalue weighted by Gasteiger charge is 2.18. The summed E-state index contributed by atoms with van der Waals surface area (Å²) < 4.78 is 25.6. The molecule has 96 valence electrons. The second-order valence-electron chi connectivity index (χ2n) is 3.51. The highest BCUT2D eigenvalue weighted by Crippen LogP contribution is 2.17. The van der Waals surface area contributed by atoms with Crippen molar-refractivity contribution >= 4 is 17.0 Å². The normalized spacial score (nSPS) is 12.5. The average Bonchev–Trinajstić information content (AvgIpc) is 2.65. The van der Waals surface area contributed by atoms with E-state index in [4.69, 9.17) is 16.8 Å². The Morgan fingerprint density at radius 3 is 2.89 bits per heavy atom. The van der Waals surface area contributed by atoms with Gasteiger partial charge in [-0.25, -0.2) is 23.4 Å². The Bertz CT molecular complexity index is 608. The predicted octanol–water partition coefficient (Wildman–Crippen LogP) is 0.0472. The van der Waals surface area contributed by atoms with Crippen molar-refractivity contribution in [1.82, 2.24) is 14.6 Å². The molecule has 0 saturated heterocycles. The lowest BCUT2D eigenvalue weighted by atomic mass is 10.2. The molecule has 0 aromatic carbocycles. The predicted molar refractivity (Wildman–Crippen MR) is 59.9 cm³/mol. The number of aromatic nitrogens is 3. The minimum absolute atomic E-state index is 0.0225. The lowest BCUT2D eigenvalue weighted by Crippen LogP contribution is -2.19. The van der Waals surface area contributed by atoms with E-state index in [-0.39, 0.29) is 28.4 Å². The van der Waals surface area contributed by atoms with Gasteiger partial charge < -0.3 is 16.8 Å². The number of hydrogen-bond acceptors (Lipinski definition) is 5. The molecule has 9 heteroatoms. The molecule has 5 N–H and O–H groups in total. The molecular weight excluding hydrogens is 246 g/mol. The molecule has 2 heterocycles. The Kier molecular flexibility index (Phi) is 2.96. The van der Waals surface area contributed by atoms with Crippen LogP contribution in [0.15, 0.2) is 17.4 Å². The summed E-state index contributed by atoms with van der Waals surface area (Å²) in [6.45, 7) is 0. The van der Waals surface area contributed by atoms with Crippen LogP contribution in [0.5, 0.6) is 0 Å². The van der Waals surface area contributed by atoms with Gasteiger partial charge in [0.2, 0.25) is 6.43 Å². The molecule has 2 rings (SSSR count).